The molecule has 0 saturated heterocycles. The number of hydrogen-bond donors (Lipinski definition) is 2. The van der Waals surface area contributed by atoms with Crippen LogP contribution in [0.5, 0.6) is 0 Å². The van der Waals surface area contributed by atoms with Crippen LogP contribution < -0.4 is 5.32 Å². The number of rotatable bonds is 10. The lowest BCUT2D eigenvalue weighted by atomic mass is 9.96. The number of allylic oxidation sites excluding steroid dienone is 1. The maximum absolute atomic E-state index is 12.5. The molecule has 2 unspecified atom stereocenters. The number of hydrogen-bond acceptors (Lipinski definition) is 4. The van der Waals surface area contributed by atoms with Gasteiger partial charge in [-0.2, -0.15) is 11.8 Å². The first-order chi connectivity index (χ1) is 15.5. The molecule has 2 N–H and O–H groups in total. The molecule has 7 heteroatoms. The first-order valence-corrected chi connectivity index (χ1v) is 11.8. The van der Waals surface area contributed by atoms with E-state index < -0.39 is 12.0 Å². The van der Waals surface area contributed by atoms with E-state index in [1.807, 2.05) is 47.4 Å². The monoisotopic (exact) mass is 449 g/mol. The van der Waals surface area contributed by atoms with Gasteiger partial charge in [0.15, 0.2) is 0 Å². The minimum absolute atomic E-state index is 0.0654. The second kappa shape index (κ2) is 11.3. The van der Waals surface area contributed by atoms with Crippen molar-refractivity contribution >= 4 is 35.3 Å². The Morgan fingerprint density at radius 3 is 2.44 bits per heavy atom. The van der Waals surface area contributed by atoms with Crippen LogP contribution in [0.3, 0.4) is 0 Å². The molecular weight excluding hydrogens is 422 g/mol. The van der Waals surface area contributed by atoms with Crippen LogP contribution in [0, 0.1) is 0 Å². The van der Waals surface area contributed by atoms with Gasteiger partial charge in [0, 0.05) is 18.0 Å². The molecule has 32 heavy (non-hydrogen) atoms. The van der Waals surface area contributed by atoms with Gasteiger partial charge in [0.1, 0.15) is 6.04 Å². The van der Waals surface area contributed by atoms with E-state index in [1.54, 1.807) is 36.4 Å². The Hall–Kier alpha value is -3.32. The van der Waals surface area contributed by atoms with Gasteiger partial charge in [-0.15, -0.1) is 0 Å². The van der Waals surface area contributed by atoms with E-state index in [1.165, 1.54) is 0 Å². The van der Waals surface area contributed by atoms with Crippen molar-refractivity contribution in [1.82, 2.24) is 14.9 Å². The molecular formula is C25H27N3O3S. The smallest absolute Gasteiger partial charge is 0.326 e. The highest BCUT2D eigenvalue weighted by atomic mass is 32.2. The maximum atomic E-state index is 12.5. The van der Waals surface area contributed by atoms with Crippen LogP contribution in [0.4, 0.5) is 0 Å². The van der Waals surface area contributed by atoms with E-state index in [0.717, 1.165) is 16.7 Å². The molecule has 166 valence electrons. The first kappa shape index (κ1) is 23.3. The lowest BCUT2D eigenvalue weighted by Crippen LogP contribution is -2.41. The molecule has 1 amide bonds. The molecule has 1 heterocycles. The number of benzene rings is 2. The molecule has 0 saturated carbocycles. The lowest BCUT2D eigenvalue weighted by molar-refractivity contribution is -0.139. The third-order valence-electron chi connectivity index (χ3n) is 5.24. The van der Waals surface area contributed by atoms with Gasteiger partial charge in [-0.3, -0.25) is 4.79 Å². The molecule has 3 rings (SSSR count). The Labute approximate surface area is 192 Å². The first-order valence-electron chi connectivity index (χ1n) is 10.4. The number of aliphatic carboxylic acids is 1. The number of amides is 1. The highest BCUT2D eigenvalue weighted by Crippen LogP contribution is 2.29. The van der Waals surface area contributed by atoms with Gasteiger partial charge >= 0.3 is 5.97 Å². The highest BCUT2D eigenvalue weighted by Gasteiger charge is 2.20. The Morgan fingerprint density at radius 2 is 1.84 bits per heavy atom. The van der Waals surface area contributed by atoms with Crippen molar-refractivity contribution in [3.63, 3.8) is 0 Å². The van der Waals surface area contributed by atoms with Crippen molar-refractivity contribution in [3.05, 3.63) is 90.0 Å². The van der Waals surface area contributed by atoms with Crippen LogP contribution in [-0.4, -0.2) is 44.6 Å². The van der Waals surface area contributed by atoms with Crippen LogP contribution in [0.15, 0.2) is 73.3 Å². The summed E-state index contributed by atoms with van der Waals surface area (Å²) in [6.07, 6.45) is 9.88. The highest BCUT2D eigenvalue weighted by molar-refractivity contribution is 7.98. The van der Waals surface area contributed by atoms with E-state index in [2.05, 4.69) is 35.4 Å². The number of nitrogens with one attached hydrogen (secondary N) is 1. The fourth-order valence-corrected chi connectivity index (χ4v) is 3.85. The van der Waals surface area contributed by atoms with Gasteiger partial charge in [0.05, 0.1) is 12.4 Å². The molecule has 0 fully saturated rings. The predicted molar refractivity (Wildman–Crippen MR) is 130 cm³/mol. The molecule has 0 aliphatic rings. The molecule has 0 radical (unpaired) electrons. The molecule has 0 bridgehead atoms. The molecule has 0 spiro atoms. The number of carboxylic acid groups (broad SMARTS) is 1. The van der Waals surface area contributed by atoms with Gasteiger partial charge in [-0.25, -0.2) is 9.78 Å². The summed E-state index contributed by atoms with van der Waals surface area (Å²) < 4.78 is 2.04. The number of nitrogens with zero attached hydrogens (tertiary/aromatic N) is 2. The second-order valence-corrected chi connectivity index (χ2v) is 8.40. The van der Waals surface area contributed by atoms with E-state index >= 15 is 0 Å². The predicted octanol–water partition coefficient (Wildman–Crippen LogP) is 4.62. The average Bonchev–Trinajstić information content (AvgIpc) is 3.35. The Morgan fingerprint density at radius 1 is 1.12 bits per heavy atom. The second-order valence-electron chi connectivity index (χ2n) is 7.42. The summed E-state index contributed by atoms with van der Waals surface area (Å²) in [5, 5.41) is 12.0. The van der Waals surface area contributed by atoms with E-state index in [-0.39, 0.29) is 11.9 Å². The lowest BCUT2D eigenvalue weighted by Gasteiger charge is -2.18. The van der Waals surface area contributed by atoms with Crippen molar-refractivity contribution in [2.75, 3.05) is 12.0 Å². The van der Waals surface area contributed by atoms with Crippen LogP contribution >= 0.6 is 11.8 Å². The standard InChI is InChI=1S/C25H27N3O3S/c1-18(28-14-13-26-17-28)22(20-6-4-3-5-7-20)16-19-8-10-21(11-9-19)24(29)27-23(25(30)31)12-15-32-2/h3-11,13-14,16-18,23H,12,15H2,1-2H3,(H,27,29)(H,30,31)/b22-16+. The van der Waals surface area contributed by atoms with Gasteiger partial charge in [0.2, 0.25) is 0 Å². The van der Waals surface area contributed by atoms with E-state index in [4.69, 9.17) is 0 Å². The zero-order valence-corrected chi connectivity index (χ0v) is 19.0. The van der Waals surface area contributed by atoms with Gasteiger partial charge in [-0.05, 0) is 60.3 Å². The number of imidazole rings is 1. The number of carbonyl (C=O) groups excluding carboxylic acids is 1. The zero-order valence-electron chi connectivity index (χ0n) is 18.1. The van der Waals surface area contributed by atoms with Crippen LogP contribution in [0.2, 0.25) is 0 Å². The number of thioether (sulfide) groups is 1. The van der Waals surface area contributed by atoms with Gasteiger partial charge in [0.25, 0.3) is 5.91 Å². The molecule has 0 aliphatic carbocycles. The largest absolute Gasteiger partial charge is 0.480 e. The molecule has 3 aromatic rings. The summed E-state index contributed by atoms with van der Waals surface area (Å²) in [6.45, 7) is 2.11. The molecule has 2 atom stereocenters. The van der Waals surface area contributed by atoms with E-state index in [0.29, 0.717) is 17.7 Å². The summed E-state index contributed by atoms with van der Waals surface area (Å²) in [7, 11) is 0. The summed E-state index contributed by atoms with van der Waals surface area (Å²) in [4.78, 5) is 28.1. The van der Waals surface area contributed by atoms with Crippen molar-refractivity contribution < 1.29 is 14.7 Å². The number of carbonyl (C=O) groups is 2. The minimum Gasteiger partial charge on any atom is -0.480 e. The van der Waals surface area contributed by atoms with E-state index in [9.17, 15) is 14.7 Å². The van der Waals surface area contributed by atoms with Gasteiger partial charge in [-0.1, -0.05) is 42.5 Å². The minimum atomic E-state index is -1.02. The number of aromatic nitrogens is 2. The molecule has 6 nitrogen and oxygen atoms in total. The van der Waals surface area contributed by atoms with Crippen molar-refractivity contribution in [2.24, 2.45) is 0 Å². The Kier molecular flexibility index (Phi) is 8.27. The van der Waals surface area contributed by atoms with Crippen LogP contribution in [0.1, 0.15) is 40.9 Å². The maximum Gasteiger partial charge on any atom is 0.326 e. The molecule has 0 aliphatic heterocycles. The van der Waals surface area contributed by atoms with Crippen LogP contribution in [0.25, 0.3) is 11.6 Å². The quantitative estimate of drug-likeness (QED) is 0.441. The summed E-state index contributed by atoms with van der Waals surface area (Å²) >= 11 is 1.55. The molecule has 1 aromatic heterocycles. The third-order valence-corrected chi connectivity index (χ3v) is 5.88. The summed E-state index contributed by atoms with van der Waals surface area (Å²) in [5.41, 5.74) is 3.60. The van der Waals surface area contributed by atoms with Crippen molar-refractivity contribution in [3.8, 4) is 0 Å². The molecule has 2 aromatic carbocycles. The zero-order chi connectivity index (χ0) is 22.9. The fourth-order valence-electron chi connectivity index (χ4n) is 3.38. The Bertz CT molecular complexity index is 1050. The normalized spacial score (nSPS) is 13.4. The van der Waals surface area contributed by atoms with Crippen molar-refractivity contribution in [2.45, 2.75) is 25.4 Å². The van der Waals surface area contributed by atoms with Crippen molar-refractivity contribution in [1.29, 1.82) is 0 Å². The third kappa shape index (κ3) is 6.11. The SMILES string of the molecule is CSCCC(NC(=O)c1ccc(/C=C(/c2ccccc2)C(C)n2ccnc2)cc1)C(=O)O. The Balaban J connectivity index is 1.82. The van der Waals surface area contributed by atoms with Crippen LogP contribution in [-0.2, 0) is 4.79 Å². The number of carboxylic acids is 1. The fraction of sp³-hybridized carbons (Fsp3) is 0.240. The topological polar surface area (TPSA) is 84.2 Å². The average molecular weight is 450 g/mol. The van der Waals surface area contributed by atoms with Gasteiger partial charge < -0.3 is 15.0 Å². The summed E-state index contributed by atoms with van der Waals surface area (Å²) in [5.74, 6) is -0.740. The summed E-state index contributed by atoms with van der Waals surface area (Å²) in [6, 6.07) is 16.5.